The van der Waals surface area contributed by atoms with Crippen LogP contribution in [0.2, 0.25) is 0 Å². The van der Waals surface area contributed by atoms with Gasteiger partial charge in [0.1, 0.15) is 10.7 Å². The van der Waals surface area contributed by atoms with Gasteiger partial charge in [0.05, 0.1) is 5.75 Å². The van der Waals surface area contributed by atoms with Gasteiger partial charge in [-0.15, -0.1) is 24.0 Å². The molecule has 0 aliphatic heterocycles. The number of benzene rings is 1. The molecule has 1 aromatic rings. The Hall–Kier alpha value is -1.43. The second kappa shape index (κ2) is 11.3. The minimum Gasteiger partial charge on any atom is -0.355 e. The summed E-state index contributed by atoms with van der Waals surface area (Å²) in [6.07, 6.45) is 5.66. The summed E-state index contributed by atoms with van der Waals surface area (Å²) in [4.78, 5) is 16.2. The van der Waals surface area contributed by atoms with Gasteiger partial charge in [-0.1, -0.05) is 18.6 Å². The van der Waals surface area contributed by atoms with Crippen LogP contribution >= 0.6 is 24.0 Å². The number of hydrogen-bond acceptors (Lipinski definition) is 4. The first-order chi connectivity index (χ1) is 13.9. The van der Waals surface area contributed by atoms with Crippen LogP contribution in [0.25, 0.3) is 0 Å². The maximum absolute atomic E-state index is 13.8. The first kappa shape index (κ1) is 24.8. The van der Waals surface area contributed by atoms with E-state index in [-0.39, 0.29) is 59.0 Å². The predicted molar refractivity (Wildman–Crippen MR) is 125 cm³/mol. The van der Waals surface area contributed by atoms with Crippen LogP contribution in [0.4, 0.5) is 4.39 Å². The zero-order valence-electron chi connectivity index (χ0n) is 17.1. The normalized spacial score (nSPS) is 22.0. The van der Waals surface area contributed by atoms with Gasteiger partial charge >= 0.3 is 0 Å². The average Bonchev–Trinajstić information content (AvgIpc) is 3.51. The van der Waals surface area contributed by atoms with E-state index in [1.807, 2.05) is 0 Å². The zero-order chi connectivity index (χ0) is 20.9. The molecular weight excluding hydrogens is 522 g/mol. The van der Waals surface area contributed by atoms with Gasteiger partial charge in [0, 0.05) is 31.6 Å². The highest BCUT2D eigenvalue weighted by Crippen LogP contribution is 2.26. The lowest BCUT2D eigenvalue weighted by molar-refractivity contribution is -0.126. The van der Waals surface area contributed by atoms with Crippen molar-refractivity contribution < 1.29 is 17.6 Å². The van der Waals surface area contributed by atoms with Gasteiger partial charge in [0.2, 0.25) is 5.91 Å². The summed E-state index contributed by atoms with van der Waals surface area (Å²) < 4.78 is 38.4. The maximum Gasteiger partial charge on any atom is 0.223 e. The van der Waals surface area contributed by atoms with E-state index in [0.717, 1.165) is 44.6 Å². The number of hydrogen-bond donors (Lipinski definition) is 3. The lowest BCUT2D eigenvalue weighted by Crippen LogP contribution is -2.48. The van der Waals surface area contributed by atoms with Crippen molar-refractivity contribution in [2.45, 2.75) is 55.5 Å². The summed E-state index contributed by atoms with van der Waals surface area (Å²) in [6.45, 7) is 0.106. The van der Waals surface area contributed by atoms with E-state index in [2.05, 4.69) is 20.9 Å². The van der Waals surface area contributed by atoms with E-state index in [1.165, 1.54) is 18.2 Å². The molecule has 10 heteroatoms. The Kier molecular flexibility index (Phi) is 9.32. The third kappa shape index (κ3) is 7.07. The van der Waals surface area contributed by atoms with Gasteiger partial charge in [-0.3, -0.25) is 9.79 Å². The average molecular weight is 552 g/mol. The predicted octanol–water partition coefficient (Wildman–Crippen LogP) is 2.22. The summed E-state index contributed by atoms with van der Waals surface area (Å²) in [7, 11) is -2.11. The third-order valence-electron chi connectivity index (χ3n) is 5.37. The Morgan fingerprint density at radius 2 is 1.87 bits per heavy atom. The molecule has 7 nitrogen and oxygen atoms in total. The Labute approximate surface area is 194 Å². The molecule has 30 heavy (non-hydrogen) atoms. The summed E-state index contributed by atoms with van der Waals surface area (Å²) in [5.41, 5.74) is 0. The first-order valence-electron chi connectivity index (χ1n) is 10.1. The Morgan fingerprint density at radius 3 is 2.53 bits per heavy atom. The van der Waals surface area contributed by atoms with E-state index in [0.29, 0.717) is 12.0 Å². The number of nitrogens with one attached hydrogen (secondary N) is 3. The van der Waals surface area contributed by atoms with Crippen LogP contribution in [-0.4, -0.2) is 51.7 Å². The van der Waals surface area contributed by atoms with Gasteiger partial charge in [0.15, 0.2) is 15.8 Å². The molecule has 1 aromatic carbocycles. The molecule has 2 unspecified atom stereocenters. The van der Waals surface area contributed by atoms with E-state index >= 15 is 0 Å². The molecule has 2 aliphatic rings. The van der Waals surface area contributed by atoms with Crippen LogP contribution in [0.3, 0.4) is 0 Å². The zero-order valence-corrected chi connectivity index (χ0v) is 20.2. The minimum atomic E-state index is -3.73. The molecular formula is C20H30FIN4O3S. The van der Waals surface area contributed by atoms with Crippen molar-refractivity contribution in [1.29, 1.82) is 0 Å². The molecule has 0 spiro atoms. The lowest BCUT2D eigenvalue weighted by Gasteiger charge is -2.30. The highest BCUT2D eigenvalue weighted by atomic mass is 127. The highest BCUT2D eigenvalue weighted by Gasteiger charge is 2.31. The second-order valence-corrected chi connectivity index (χ2v) is 9.81. The number of carbonyl (C=O) groups excluding carboxylic acids is 1. The van der Waals surface area contributed by atoms with Crippen molar-refractivity contribution in [2.24, 2.45) is 10.9 Å². The van der Waals surface area contributed by atoms with Gasteiger partial charge in [-0.05, 0) is 44.2 Å². The molecule has 0 heterocycles. The van der Waals surface area contributed by atoms with Crippen molar-refractivity contribution in [2.75, 3.05) is 19.3 Å². The molecule has 0 radical (unpaired) electrons. The number of guanidine groups is 1. The van der Waals surface area contributed by atoms with Gasteiger partial charge < -0.3 is 16.0 Å². The van der Waals surface area contributed by atoms with Gasteiger partial charge in [-0.2, -0.15) is 0 Å². The molecule has 3 rings (SSSR count). The Bertz CT molecular complexity index is 861. The van der Waals surface area contributed by atoms with Crippen LogP contribution in [0.1, 0.15) is 38.5 Å². The topological polar surface area (TPSA) is 99.7 Å². The number of rotatable bonds is 7. The fourth-order valence-corrected chi connectivity index (χ4v) is 4.85. The largest absolute Gasteiger partial charge is 0.355 e. The maximum atomic E-state index is 13.8. The second-order valence-electron chi connectivity index (χ2n) is 7.74. The van der Waals surface area contributed by atoms with Crippen molar-refractivity contribution in [3.05, 3.63) is 30.1 Å². The quantitative estimate of drug-likeness (QED) is 0.274. The Balaban J connectivity index is 0.00000320. The highest BCUT2D eigenvalue weighted by molar-refractivity contribution is 14.0. The molecule has 3 N–H and O–H groups in total. The van der Waals surface area contributed by atoms with E-state index in [4.69, 9.17) is 0 Å². The van der Waals surface area contributed by atoms with Crippen molar-refractivity contribution in [3.63, 3.8) is 0 Å². The number of carbonyl (C=O) groups is 1. The number of halogens is 2. The first-order valence-corrected chi connectivity index (χ1v) is 11.8. The third-order valence-corrected chi connectivity index (χ3v) is 7.11. The standard InChI is InChI=1S/C20H29FN4O3S.HI/c1-22-20(23-11-12-29(27,28)18-8-3-2-7-17(18)21)25-16-6-4-5-14(13-16)19(26)24-15-9-10-15;/h2-3,7-8,14-16H,4-6,9-13H2,1H3,(H,24,26)(H2,22,23,25);1H. The van der Waals surface area contributed by atoms with Crippen molar-refractivity contribution in [3.8, 4) is 0 Å². The monoisotopic (exact) mass is 552 g/mol. The summed E-state index contributed by atoms with van der Waals surface area (Å²) in [5, 5.41) is 9.34. The molecule has 1 amide bonds. The fourth-order valence-electron chi connectivity index (χ4n) is 3.60. The number of aliphatic imine (C=N–C) groups is 1. The lowest BCUT2D eigenvalue weighted by atomic mass is 9.85. The van der Waals surface area contributed by atoms with E-state index < -0.39 is 15.7 Å². The summed E-state index contributed by atoms with van der Waals surface area (Å²) in [5.74, 6) is -0.361. The molecule has 0 saturated heterocycles. The molecule has 0 bridgehead atoms. The fraction of sp³-hybridized carbons (Fsp3) is 0.600. The smallest absolute Gasteiger partial charge is 0.223 e. The molecule has 0 aromatic heterocycles. The molecule has 2 aliphatic carbocycles. The van der Waals surface area contributed by atoms with Crippen LogP contribution in [0, 0.1) is 11.7 Å². The number of nitrogens with zero attached hydrogens (tertiary/aromatic N) is 1. The van der Waals surface area contributed by atoms with Crippen LogP contribution in [0.5, 0.6) is 0 Å². The van der Waals surface area contributed by atoms with Crippen molar-refractivity contribution in [1.82, 2.24) is 16.0 Å². The Morgan fingerprint density at radius 1 is 1.13 bits per heavy atom. The summed E-state index contributed by atoms with van der Waals surface area (Å²) >= 11 is 0. The molecule has 168 valence electrons. The minimum absolute atomic E-state index is 0. The molecule has 2 atom stereocenters. The summed E-state index contributed by atoms with van der Waals surface area (Å²) in [6, 6.07) is 5.84. The van der Waals surface area contributed by atoms with E-state index in [9.17, 15) is 17.6 Å². The van der Waals surface area contributed by atoms with E-state index in [1.54, 1.807) is 7.05 Å². The number of amides is 1. The van der Waals surface area contributed by atoms with Crippen LogP contribution in [0.15, 0.2) is 34.2 Å². The van der Waals surface area contributed by atoms with Crippen molar-refractivity contribution >= 4 is 45.7 Å². The SMILES string of the molecule is CN=C(NCCS(=O)(=O)c1ccccc1F)NC1CCCC(C(=O)NC2CC2)C1.I. The van der Waals surface area contributed by atoms with Crippen LogP contribution in [-0.2, 0) is 14.6 Å². The van der Waals surface area contributed by atoms with Gasteiger partial charge in [0.25, 0.3) is 0 Å². The molecule has 2 saturated carbocycles. The molecule has 2 fully saturated rings. The van der Waals surface area contributed by atoms with Gasteiger partial charge in [-0.25, -0.2) is 12.8 Å². The van der Waals surface area contributed by atoms with Crippen LogP contribution < -0.4 is 16.0 Å². The number of sulfone groups is 1.